The zero-order valence-electron chi connectivity index (χ0n) is 43.5. The lowest BCUT2D eigenvalue weighted by atomic mass is 9.93. The third-order valence-corrected chi connectivity index (χ3v) is 14.9. The molecule has 34 atom stereocenters. The first-order valence-corrected chi connectivity index (χ1v) is 25.9. The standard InChI is InChI=1S/C45H76N2O34/c1-10-21(54)28(61)32(65)41(72-10)71-9-18-36(26(59)19(39(68)73-18)46-11(2)51)78-40-20(47-12(3)52)27(60)35(16(6-50)76-40)79-45-38(81-43-31(64)22(55)13(53)7-69-43)37(80-44-34(67)30(63)24(57)15(5-49)75-44)25(58)17(77-45)8-70-42-33(66)29(62)23(56)14(4-48)74-42/h10,13-45,48-50,53-68H,4-9H2,1-3H3,(H,46,51)(H,47,52)/t10-,13+,14+,15+,16+,17+,18+,19+,20+,21+,22-,23+,24+,25+,26+,27+,28+,29-,30-,31+,32-,33-,34-,35+,36+,37-,38-,39?,40-,41+,42-,43-,44+,45-/m0/s1. The highest BCUT2D eigenvalue weighted by Crippen LogP contribution is 2.38. The second-order valence-electron chi connectivity index (χ2n) is 20.7. The topological polar surface area (TPSA) is 563 Å². The molecule has 7 saturated heterocycles. The van der Waals surface area contributed by atoms with Gasteiger partial charge < -0.3 is 169 Å². The SMILES string of the molecule is CC(=O)N[C@H]1[C@H](O[C@H]2[C@H](O)[C@@H](NC(C)=O)C(O)O[C@@H]2CO[C@@H]2O[C@@H](C)[C@@H](O)[C@@H](O)[C@@H]2O)O[C@H](CO)[C@@H](O[C@@H]2O[C@H](CO[C@H]3O[C@H](CO)[C@@H](O)[C@H](O)[C@@H]3O)[C@@H](O)[C@H](O[C@H]3O[C@H](CO)[C@@H](O)[C@H](O)[C@@H]3O)[C@@H]2O[C@@H]2OC[C@@H](O)[C@H](O)[C@H]2O)[C@@H]1O. The average molecular weight is 1190 g/mol. The van der Waals surface area contributed by atoms with Crippen LogP contribution in [0.3, 0.4) is 0 Å². The average Bonchev–Trinajstić information content (AvgIpc) is 3.62. The fourth-order valence-electron chi connectivity index (χ4n) is 10.2. The molecule has 0 bridgehead atoms. The molecule has 0 spiro atoms. The Morgan fingerprint density at radius 3 is 1.41 bits per heavy atom. The minimum Gasteiger partial charge on any atom is -0.394 e. The molecule has 0 aromatic rings. The van der Waals surface area contributed by atoms with E-state index in [1.54, 1.807) is 0 Å². The molecule has 470 valence electrons. The van der Waals surface area contributed by atoms with Crippen LogP contribution < -0.4 is 10.6 Å². The van der Waals surface area contributed by atoms with Crippen LogP contribution in [0.5, 0.6) is 0 Å². The molecule has 7 heterocycles. The van der Waals surface area contributed by atoms with Gasteiger partial charge in [0, 0.05) is 13.8 Å². The maximum absolute atomic E-state index is 13.0. The van der Waals surface area contributed by atoms with Gasteiger partial charge in [-0.3, -0.25) is 9.59 Å². The van der Waals surface area contributed by atoms with E-state index in [1.807, 2.05) is 0 Å². The summed E-state index contributed by atoms with van der Waals surface area (Å²) in [5, 5.41) is 210. The lowest BCUT2D eigenvalue weighted by Gasteiger charge is -2.51. The summed E-state index contributed by atoms with van der Waals surface area (Å²) in [7, 11) is 0. The first-order chi connectivity index (χ1) is 38.2. The lowest BCUT2D eigenvalue weighted by Crippen LogP contribution is -2.71. The number of carbonyl (C=O) groups is 2. The quantitative estimate of drug-likeness (QED) is 0.0571. The van der Waals surface area contributed by atoms with E-state index in [2.05, 4.69) is 10.6 Å². The van der Waals surface area contributed by atoms with E-state index in [1.165, 1.54) is 6.92 Å². The zero-order chi connectivity index (χ0) is 59.6. The third kappa shape index (κ3) is 14.6. The van der Waals surface area contributed by atoms with Crippen molar-refractivity contribution in [2.24, 2.45) is 0 Å². The van der Waals surface area contributed by atoms with Crippen LogP contribution in [0.4, 0.5) is 0 Å². The van der Waals surface area contributed by atoms with E-state index in [0.29, 0.717) is 0 Å². The molecule has 0 aromatic heterocycles. The van der Waals surface area contributed by atoms with E-state index in [0.717, 1.165) is 13.8 Å². The highest BCUT2D eigenvalue weighted by Gasteiger charge is 2.59. The van der Waals surface area contributed by atoms with Gasteiger partial charge in [0.15, 0.2) is 44.0 Å². The van der Waals surface area contributed by atoms with Crippen LogP contribution in [-0.2, 0) is 71.2 Å². The van der Waals surface area contributed by atoms with Crippen molar-refractivity contribution in [3.63, 3.8) is 0 Å². The predicted octanol–water partition coefficient (Wildman–Crippen LogP) is -14.3. The minimum atomic E-state index is -2.26. The van der Waals surface area contributed by atoms with E-state index >= 15 is 0 Å². The number of hydrogen-bond acceptors (Lipinski definition) is 34. The molecule has 0 radical (unpaired) electrons. The monoisotopic (exact) mass is 1190 g/mol. The van der Waals surface area contributed by atoms with Crippen LogP contribution in [0.25, 0.3) is 0 Å². The second-order valence-corrected chi connectivity index (χ2v) is 20.7. The first kappa shape index (κ1) is 66.2. The maximum Gasteiger partial charge on any atom is 0.217 e. The smallest absolute Gasteiger partial charge is 0.217 e. The highest BCUT2D eigenvalue weighted by atomic mass is 16.8. The predicted molar refractivity (Wildman–Crippen MR) is 248 cm³/mol. The molecule has 21 N–H and O–H groups in total. The molecule has 2 amide bonds. The van der Waals surface area contributed by atoms with Gasteiger partial charge in [-0.25, -0.2) is 0 Å². The fraction of sp³-hybridized carbons (Fsp3) is 0.956. The van der Waals surface area contributed by atoms with Crippen molar-refractivity contribution in [2.75, 3.05) is 39.6 Å². The van der Waals surface area contributed by atoms with Crippen molar-refractivity contribution < 1.29 is 168 Å². The first-order valence-electron chi connectivity index (χ1n) is 25.9. The summed E-state index contributed by atoms with van der Waals surface area (Å²) in [6.45, 7) is -2.10. The molecule has 1 unspecified atom stereocenters. The maximum atomic E-state index is 13.0. The Morgan fingerprint density at radius 1 is 0.395 bits per heavy atom. The Labute approximate surface area is 459 Å². The Morgan fingerprint density at radius 2 is 0.827 bits per heavy atom. The van der Waals surface area contributed by atoms with Crippen LogP contribution in [0.15, 0.2) is 0 Å². The number of amides is 2. The molecule has 0 aliphatic carbocycles. The van der Waals surface area contributed by atoms with Crippen molar-refractivity contribution in [3.05, 3.63) is 0 Å². The van der Waals surface area contributed by atoms with Crippen LogP contribution in [-0.4, -0.2) is 357 Å². The second kappa shape index (κ2) is 28.4. The minimum absolute atomic E-state index is 0.707. The van der Waals surface area contributed by atoms with Crippen molar-refractivity contribution in [3.8, 4) is 0 Å². The van der Waals surface area contributed by atoms with Crippen molar-refractivity contribution in [2.45, 2.75) is 229 Å². The van der Waals surface area contributed by atoms with E-state index < -0.39 is 260 Å². The van der Waals surface area contributed by atoms with Gasteiger partial charge in [-0.2, -0.15) is 0 Å². The number of aliphatic hydroxyl groups excluding tert-OH is 19. The van der Waals surface area contributed by atoms with Gasteiger partial charge in [0.25, 0.3) is 0 Å². The summed E-state index contributed by atoms with van der Waals surface area (Å²) in [5.41, 5.74) is 0. The molecule has 0 aromatic carbocycles. The number of rotatable bonds is 19. The number of carbonyl (C=O) groups excluding carboxylic acids is 2. The van der Waals surface area contributed by atoms with Crippen LogP contribution in [0.2, 0.25) is 0 Å². The van der Waals surface area contributed by atoms with Crippen molar-refractivity contribution >= 4 is 11.8 Å². The number of nitrogens with one attached hydrogen (secondary N) is 2. The summed E-state index contributed by atoms with van der Waals surface area (Å²) < 4.78 is 75.8. The molecule has 7 rings (SSSR count). The Hall–Kier alpha value is -2.34. The molecule has 81 heavy (non-hydrogen) atoms. The van der Waals surface area contributed by atoms with Gasteiger partial charge in [0.1, 0.15) is 159 Å². The molecule has 7 aliphatic rings. The Kier molecular flexibility index (Phi) is 23.2. The van der Waals surface area contributed by atoms with Gasteiger partial charge in [0.05, 0.1) is 45.7 Å². The van der Waals surface area contributed by atoms with E-state index in [4.69, 9.17) is 61.6 Å². The summed E-state index contributed by atoms with van der Waals surface area (Å²) in [4.78, 5) is 25.2. The molecule has 7 fully saturated rings. The van der Waals surface area contributed by atoms with Gasteiger partial charge in [-0.05, 0) is 6.92 Å². The largest absolute Gasteiger partial charge is 0.394 e. The van der Waals surface area contributed by atoms with Crippen molar-refractivity contribution in [1.29, 1.82) is 0 Å². The normalized spacial score (nSPS) is 50.8. The van der Waals surface area contributed by atoms with Gasteiger partial charge in [0.2, 0.25) is 11.8 Å². The Bertz CT molecular complexity index is 1990. The molecule has 36 nitrogen and oxygen atoms in total. The van der Waals surface area contributed by atoms with Crippen LogP contribution in [0.1, 0.15) is 20.8 Å². The lowest BCUT2D eigenvalue weighted by molar-refractivity contribution is -0.404. The molecule has 0 saturated carbocycles. The summed E-state index contributed by atoms with van der Waals surface area (Å²) in [6.07, 6.45) is -61.3. The van der Waals surface area contributed by atoms with Crippen molar-refractivity contribution in [1.82, 2.24) is 10.6 Å². The summed E-state index contributed by atoms with van der Waals surface area (Å²) >= 11 is 0. The summed E-state index contributed by atoms with van der Waals surface area (Å²) in [6, 6.07) is -3.55. The third-order valence-electron chi connectivity index (χ3n) is 14.9. The zero-order valence-corrected chi connectivity index (χ0v) is 43.5. The Balaban J connectivity index is 1.23. The number of hydrogen-bond donors (Lipinski definition) is 21. The number of ether oxygens (including phenoxy) is 13. The van der Waals surface area contributed by atoms with Gasteiger partial charge >= 0.3 is 0 Å². The van der Waals surface area contributed by atoms with Crippen LogP contribution >= 0.6 is 0 Å². The molecule has 7 aliphatic heterocycles. The van der Waals surface area contributed by atoms with Crippen LogP contribution in [0, 0.1) is 0 Å². The molecular formula is C45H76N2O34. The highest BCUT2D eigenvalue weighted by molar-refractivity contribution is 5.73. The number of aliphatic hydroxyl groups is 19. The van der Waals surface area contributed by atoms with Gasteiger partial charge in [-0.15, -0.1) is 0 Å². The molecular weight excluding hydrogens is 1110 g/mol. The fourth-order valence-corrected chi connectivity index (χ4v) is 10.2. The summed E-state index contributed by atoms with van der Waals surface area (Å²) in [5.74, 6) is -1.68. The van der Waals surface area contributed by atoms with E-state index in [9.17, 15) is 107 Å². The van der Waals surface area contributed by atoms with E-state index in [-0.39, 0.29) is 0 Å². The molecule has 36 heteroatoms. The van der Waals surface area contributed by atoms with Gasteiger partial charge in [-0.1, -0.05) is 0 Å².